The van der Waals surface area contributed by atoms with Gasteiger partial charge in [0.05, 0.1) is 6.04 Å². The average Bonchev–Trinajstić information content (AvgIpc) is 3.41. The minimum absolute atomic E-state index is 0.0668. The lowest BCUT2D eigenvalue weighted by Crippen LogP contribution is -2.57. The maximum absolute atomic E-state index is 13.2. The van der Waals surface area contributed by atoms with Gasteiger partial charge in [-0.25, -0.2) is 4.79 Å². The van der Waals surface area contributed by atoms with E-state index in [4.69, 9.17) is 10.8 Å². The van der Waals surface area contributed by atoms with E-state index in [1.54, 1.807) is 30.3 Å². The molecule has 12 heteroatoms. The van der Waals surface area contributed by atoms with Gasteiger partial charge in [0.2, 0.25) is 17.7 Å². The summed E-state index contributed by atoms with van der Waals surface area (Å²) in [7, 11) is 0. The molecule has 8 N–H and O–H groups in total. The highest BCUT2D eigenvalue weighted by Crippen LogP contribution is 2.09. The van der Waals surface area contributed by atoms with E-state index in [1.165, 1.54) is 0 Å². The van der Waals surface area contributed by atoms with Gasteiger partial charge in [0, 0.05) is 12.8 Å². The Bertz CT molecular complexity index is 921. The molecule has 0 bridgehead atoms. The molecular weight excluding hydrogens is 482 g/mol. The van der Waals surface area contributed by atoms with Crippen molar-refractivity contribution in [2.24, 2.45) is 5.73 Å². The van der Waals surface area contributed by atoms with Crippen LogP contribution in [0.25, 0.3) is 0 Å². The molecule has 1 saturated heterocycles. The van der Waals surface area contributed by atoms with E-state index in [-0.39, 0.29) is 25.7 Å². The molecule has 12 nitrogen and oxygen atoms in total. The van der Waals surface area contributed by atoms with Gasteiger partial charge in [-0.3, -0.25) is 19.2 Å². The maximum atomic E-state index is 13.2. The Morgan fingerprint density at radius 1 is 0.919 bits per heavy atom. The van der Waals surface area contributed by atoms with E-state index >= 15 is 0 Å². The molecule has 4 atom stereocenters. The first kappa shape index (κ1) is 29.7. The summed E-state index contributed by atoms with van der Waals surface area (Å²) >= 11 is 0. The van der Waals surface area contributed by atoms with Crippen LogP contribution in [0.4, 0.5) is 0 Å². The van der Waals surface area contributed by atoms with Crippen molar-refractivity contribution in [2.75, 3.05) is 13.1 Å². The lowest BCUT2D eigenvalue weighted by Gasteiger charge is -2.25. The second-order valence-corrected chi connectivity index (χ2v) is 9.08. The summed E-state index contributed by atoms with van der Waals surface area (Å²) in [5.74, 6) is -4.17. The van der Waals surface area contributed by atoms with Gasteiger partial charge in [-0.05, 0) is 57.2 Å². The van der Waals surface area contributed by atoms with E-state index < -0.39 is 53.8 Å². The third kappa shape index (κ3) is 10.6. The number of benzene rings is 1. The molecule has 204 valence electrons. The summed E-state index contributed by atoms with van der Waals surface area (Å²) in [6, 6.07) is 4.88. The number of carbonyl (C=O) groups excluding carboxylic acids is 3. The van der Waals surface area contributed by atoms with Gasteiger partial charge in [0.15, 0.2) is 0 Å². The minimum Gasteiger partial charge on any atom is -0.481 e. The Hall–Kier alpha value is -3.51. The molecule has 1 heterocycles. The maximum Gasteiger partial charge on any atom is 0.326 e. The fourth-order valence-electron chi connectivity index (χ4n) is 4.07. The van der Waals surface area contributed by atoms with E-state index in [1.807, 2.05) is 0 Å². The Morgan fingerprint density at radius 2 is 1.59 bits per heavy atom. The van der Waals surface area contributed by atoms with Crippen LogP contribution in [0.5, 0.6) is 0 Å². The van der Waals surface area contributed by atoms with Crippen LogP contribution >= 0.6 is 0 Å². The summed E-state index contributed by atoms with van der Waals surface area (Å²) in [5.41, 5.74) is 6.20. The summed E-state index contributed by atoms with van der Waals surface area (Å²) in [6.45, 7) is 1.06. The first-order valence-electron chi connectivity index (χ1n) is 12.5. The van der Waals surface area contributed by atoms with Crippen LogP contribution in [-0.4, -0.2) is 77.1 Å². The first-order chi connectivity index (χ1) is 17.7. The van der Waals surface area contributed by atoms with Crippen LogP contribution in [0.3, 0.4) is 0 Å². The molecule has 3 amide bonds. The van der Waals surface area contributed by atoms with Crippen LogP contribution in [-0.2, 0) is 30.4 Å². The van der Waals surface area contributed by atoms with Gasteiger partial charge in [0.25, 0.3) is 0 Å². The van der Waals surface area contributed by atoms with E-state index in [9.17, 15) is 29.1 Å². The summed E-state index contributed by atoms with van der Waals surface area (Å²) in [6.07, 6.45) is 2.21. The number of carbonyl (C=O) groups is 5. The van der Waals surface area contributed by atoms with Crippen LogP contribution < -0.4 is 27.0 Å². The number of amides is 3. The number of hydrogen-bond acceptors (Lipinski definition) is 7. The third-order valence-corrected chi connectivity index (χ3v) is 6.13. The zero-order valence-electron chi connectivity index (χ0n) is 20.8. The Balaban J connectivity index is 2.18. The minimum atomic E-state index is -1.20. The largest absolute Gasteiger partial charge is 0.481 e. The fraction of sp³-hybridized carbons (Fsp3) is 0.560. The third-order valence-electron chi connectivity index (χ3n) is 6.13. The topological polar surface area (TPSA) is 200 Å². The highest BCUT2D eigenvalue weighted by molar-refractivity contribution is 5.94. The molecule has 0 spiro atoms. The Kier molecular flexibility index (Phi) is 12.5. The summed E-state index contributed by atoms with van der Waals surface area (Å²) in [4.78, 5) is 61.8. The van der Waals surface area contributed by atoms with Gasteiger partial charge < -0.3 is 37.2 Å². The molecule has 1 aliphatic heterocycles. The molecule has 1 aromatic carbocycles. The number of aliphatic carboxylic acids is 2. The van der Waals surface area contributed by atoms with Crippen molar-refractivity contribution in [1.29, 1.82) is 0 Å². The second-order valence-electron chi connectivity index (χ2n) is 9.08. The second kappa shape index (κ2) is 15.6. The number of carboxylic acid groups (broad SMARTS) is 2. The van der Waals surface area contributed by atoms with Crippen LogP contribution in [0.15, 0.2) is 30.3 Å². The Labute approximate surface area is 215 Å². The van der Waals surface area contributed by atoms with Crippen LogP contribution in [0, 0.1) is 0 Å². The SMILES string of the molecule is NCCCCC(NC(=O)C(Cc1ccccc1)NC(=O)C(CCC(=O)O)NC(=O)C1CCCN1)C(=O)O. The number of nitrogens with two attached hydrogens (primary N) is 1. The monoisotopic (exact) mass is 519 g/mol. The lowest BCUT2D eigenvalue weighted by atomic mass is 10.0. The molecule has 4 unspecified atom stereocenters. The van der Waals surface area contributed by atoms with Gasteiger partial charge in [0.1, 0.15) is 18.1 Å². The molecule has 0 radical (unpaired) electrons. The van der Waals surface area contributed by atoms with E-state index in [2.05, 4.69) is 21.3 Å². The quantitative estimate of drug-likeness (QED) is 0.141. The highest BCUT2D eigenvalue weighted by Gasteiger charge is 2.31. The predicted molar refractivity (Wildman–Crippen MR) is 134 cm³/mol. The van der Waals surface area contributed by atoms with Crippen molar-refractivity contribution in [1.82, 2.24) is 21.3 Å². The number of rotatable bonds is 16. The molecule has 1 fully saturated rings. The molecule has 0 saturated carbocycles. The van der Waals surface area contributed by atoms with Crippen molar-refractivity contribution in [3.8, 4) is 0 Å². The normalized spacial score (nSPS) is 17.3. The molecule has 0 aliphatic carbocycles. The van der Waals surface area contributed by atoms with Crippen molar-refractivity contribution in [3.63, 3.8) is 0 Å². The van der Waals surface area contributed by atoms with E-state index in [0.717, 1.165) is 12.0 Å². The molecule has 2 rings (SSSR count). The molecule has 37 heavy (non-hydrogen) atoms. The molecular formula is C25H37N5O7. The van der Waals surface area contributed by atoms with Crippen molar-refractivity contribution >= 4 is 29.7 Å². The van der Waals surface area contributed by atoms with Gasteiger partial charge in [-0.2, -0.15) is 0 Å². The fourth-order valence-corrected chi connectivity index (χ4v) is 4.07. The highest BCUT2D eigenvalue weighted by atomic mass is 16.4. The average molecular weight is 520 g/mol. The standard InChI is InChI=1S/C25H37N5O7/c26-13-5-4-9-19(25(36)37)29-24(35)20(15-16-7-2-1-3-8-16)30-23(34)18(11-12-21(31)32)28-22(33)17-10-6-14-27-17/h1-3,7-8,17-20,27H,4-6,9-15,26H2,(H,28,33)(H,29,35)(H,30,34)(H,31,32)(H,36,37). The van der Waals surface area contributed by atoms with E-state index in [0.29, 0.717) is 32.4 Å². The van der Waals surface area contributed by atoms with Crippen molar-refractivity contribution in [3.05, 3.63) is 35.9 Å². The molecule has 1 aliphatic rings. The van der Waals surface area contributed by atoms with Crippen LogP contribution in [0.2, 0.25) is 0 Å². The predicted octanol–water partition coefficient (Wildman–Crippen LogP) is -0.486. The summed E-state index contributed by atoms with van der Waals surface area (Å²) in [5, 5.41) is 29.4. The summed E-state index contributed by atoms with van der Waals surface area (Å²) < 4.78 is 0. The zero-order valence-corrected chi connectivity index (χ0v) is 20.8. The van der Waals surface area contributed by atoms with Crippen molar-refractivity contribution < 1.29 is 34.2 Å². The zero-order chi connectivity index (χ0) is 27.2. The molecule has 1 aromatic rings. The van der Waals surface area contributed by atoms with Crippen molar-refractivity contribution in [2.45, 2.75) is 75.5 Å². The molecule has 0 aromatic heterocycles. The number of carboxylic acids is 2. The number of nitrogens with one attached hydrogen (secondary N) is 4. The van der Waals surface area contributed by atoms with Gasteiger partial charge in [-0.1, -0.05) is 30.3 Å². The van der Waals surface area contributed by atoms with Gasteiger partial charge in [-0.15, -0.1) is 0 Å². The Morgan fingerprint density at radius 3 is 2.19 bits per heavy atom. The smallest absolute Gasteiger partial charge is 0.326 e. The number of unbranched alkanes of at least 4 members (excludes halogenated alkanes) is 1. The lowest BCUT2D eigenvalue weighted by molar-refractivity contribution is -0.142. The van der Waals surface area contributed by atoms with Crippen LogP contribution in [0.1, 0.15) is 50.5 Å². The first-order valence-corrected chi connectivity index (χ1v) is 12.5. The van der Waals surface area contributed by atoms with Gasteiger partial charge >= 0.3 is 11.9 Å². The number of hydrogen-bond donors (Lipinski definition) is 7.